The van der Waals surface area contributed by atoms with Crippen molar-refractivity contribution < 1.29 is 32.3 Å². The summed E-state index contributed by atoms with van der Waals surface area (Å²) in [5.41, 5.74) is 12.0. The van der Waals surface area contributed by atoms with Gasteiger partial charge in [-0.15, -0.1) is 0 Å². The first kappa shape index (κ1) is 34.7. The number of nitrogens with two attached hydrogens (primary N) is 2. The quantitative estimate of drug-likeness (QED) is 0.152. The van der Waals surface area contributed by atoms with Gasteiger partial charge < -0.3 is 26.8 Å². The number of carbonyl (C=O) groups is 3. The van der Waals surface area contributed by atoms with Crippen LogP contribution in [0.4, 0.5) is 13.2 Å². The maximum absolute atomic E-state index is 14.4. The number of halogens is 3. The Morgan fingerprint density at radius 3 is 1.98 bits per heavy atom. The molecular formula is C36H37F3N4O4. The Kier molecular flexibility index (Phi) is 11.7. The number of alkyl halides is 3. The number of rotatable bonds is 14. The number of primary amides is 1. The molecule has 0 aliphatic carbocycles. The predicted octanol–water partition coefficient (Wildman–Crippen LogP) is 5.03. The Labute approximate surface area is 271 Å². The van der Waals surface area contributed by atoms with E-state index in [4.69, 9.17) is 16.2 Å². The molecule has 0 unspecified atom stereocenters. The highest BCUT2D eigenvalue weighted by atomic mass is 19.4. The highest BCUT2D eigenvalue weighted by molar-refractivity contribution is 5.98. The first-order chi connectivity index (χ1) is 22.5. The van der Waals surface area contributed by atoms with Gasteiger partial charge in [-0.3, -0.25) is 14.4 Å². The molecule has 0 aromatic heterocycles. The summed E-state index contributed by atoms with van der Waals surface area (Å²) in [5.74, 6) is -3.52. The molecule has 8 nitrogen and oxygen atoms in total. The van der Waals surface area contributed by atoms with Crippen LogP contribution in [0.3, 0.4) is 0 Å². The molecule has 11 heteroatoms. The second-order valence-corrected chi connectivity index (χ2v) is 11.0. The molecule has 3 amide bonds. The molecule has 0 saturated carbocycles. The summed E-state index contributed by atoms with van der Waals surface area (Å²) in [7, 11) is 0. The lowest BCUT2D eigenvalue weighted by molar-refractivity contribution is -0.139. The summed E-state index contributed by atoms with van der Waals surface area (Å²) < 4.78 is 48.7. The summed E-state index contributed by atoms with van der Waals surface area (Å²) in [6, 6.07) is 24.7. The number of nitrogens with one attached hydrogen (secondary N) is 2. The molecule has 4 aromatic carbocycles. The van der Waals surface area contributed by atoms with Crippen molar-refractivity contribution in [1.29, 1.82) is 0 Å². The molecule has 47 heavy (non-hydrogen) atoms. The largest absolute Gasteiger partial charge is 0.494 e. The van der Waals surface area contributed by atoms with Crippen molar-refractivity contribution in [2.24, 2.45) is 11.5 Å². The van der Waals surface area contributed by atoms with Crippen molar-refractivity contribution in [3.63, 3.8) is 0 Å². The van der Waals surface area contributed by atoms with E-state index in [-0.39, 0.29) is 19.4 Å². The standard InChI is InChI=1S/C36H37F3N4O4/c1-2-47-27-17-15-24(16-18-27)19-29(32-28(33(41)44)9-6-10-30(32)36(37,38)39)34(45)43-31(20-23-7-4-3-5-8-23)35(46)42-22-26-13-11-25(21-40)12-14-26/h3-18,29,31H,2,19-22,40H2,1H3,(H2,41,44)(H,42,46)(H,43,45)/t29-,31+/m1/s1. The van der Waals surface area contributed by atoms with Gasteiger partial charge >= 0.3 is 6.18 Å². The van der Waals surface area contributed by atoms with Crippen LogP contribution in [0, 0.1) is 0 Å². The average molecular weight is 647 g/mol. The van der Waals surface area contributed by atoms with E-state index >= 15 is 0 Å². The van der Waals surface area contributed by atoms with Gasteiger partial charge in [-0.25, -0.2) is 0 Å². The van der Waals surface area contributed by atoms with Crippen molar-refractivity contribution in [1.82, 2.24) is 10.6 Å². The van der Waals surface area contributed by atoms with E-state index in [1.807, 2.05) is 31.2 Å². The SMILES string of the molecule is CCOc1ccc(C[C@@H](C(=O)N[C@@H](Cc2ccccc2)C(=O)NCc2ccc(CN)cc2)c2c(C(N)=O)cccc2C(F)(F)F)cc1. The van der Waals surface area contributed by atoms with E-state index in [1.54, 1.807) is 54.6 Å². The summed E-state index contributed by atoms with van der Waals surface area (Å²) in [6.07, 6.45) is -5.07. The van der Waals surface area contributed by atoms with Crippen LogP contribution in [0.15, 0.2) is 97.1 Å². The molecule has 6 N–H and O–H groups in total. The highest BCUT2D eigenvalue weighted by Gasteiger charge is 2.40. The fourth-order valence-electron chi connectivity index (χ4n) is 5.29. The Balaban J connectivity index is 1.72. The maximum Gasteiger partial charge on any atom is 0.416 e. The summed E-state index contributed by atoms with van der Waals surface area (Å²) in [4.78, 5) is 40.2. The fourth-order valence-corrected chi connectivity index (χ4v) is 5.29. The first-order valence-electron chi connectivity index (χ1n) is 15.1. The van der Waals surface area contributed by atoms with Gasteiger partial charge in [0.2, 0.25) is 17.7 Å². The minimum Gasteiger partial charge on any atom is -0.494 e. The smallest absolute Gasteiger partial charge is 0.416 e. The normalized spacial score (nSPS) is 12.5. The zero-order valence-corrected chi connectivity index (χ0v) is 25.8. The molecule has 4 rings (SSSR count). The molecule has 0 radical (unpaired) electrons. The summed E-state index contributed by atoms with van der Waals surface area (Å²) in [5, 5.41) is 5.52. The van der Waals surface area contributed by atoms with Crippen LogP contribution in [0.1, 0.15) is 56.6 Å². The van der Waals surface area contributed by atoms with Crippen molar-refractivity contribution in [3.8, 4) is 5.75 Å². The fraction of sp³-hybridized carbons (Fsp3) is 0.250. The molecule has 0 aliphatic heterocycles. The van der Waals surface area contributed by atoms with Gasteiger partial charge in [0, 0.05) is 25.1 Å². The van der Waals surface area contributed by atoms with Crippen LogP contribution in [-0.4, -0.2) is 30.4 Å². The number of benzene rings is 4. The summed E-state index contributed by atoms with van der Waals surface area (Å²) in [6.45, 7) is 2.73. The number of ether oxygens (including phenoxy) is 1. The van der Waals surface area contributed by atoms with Crippen LogP contribution < -0.4 is 26.8 Å². The number of hydrogen-bond donors (Lipinski definition) is 4. The van der Waals surface area contributed by atoms with E-state index in [0.29, 0.717) is 24.5 Å². The molecule has 0 bridgehead atoms. The topological polar surface area (TPSA) is 137 Å². The predicted molar refractivity (Wildman–Crippen MR) is 172 cm³/mol. The maximum atomic E-state index is 14.4. The Morgan fingerprint density at radius 2 is 1.38 bits per heavy atom. The molecule has 0 spiro atoms. The van der Waals surface area contributed by atoms with Gasteiger partial charge in [0.25, 0.3) is 0 Å². The minimum atomic E-state index is -4.90. The average Bonchev–Trinajstić information content (AvgIpc) is 3.06. The molecule has 0 saturated heterocycles. The van der Waals surface area contributed by atoms with E-state index in [9.17, 15) is 27.6 Å². The lowest BCUT2D eigenvalue weighted by atomic mass is 9.84. The van der Waals surface area contributed by atoms with Crippen molar-refractivity contribution >= 4 is 17.7 Å². The van der Waals surface area contributed by atoms with Crippen LogP contribution in [-0.2, 0) is 41.7 Å². The monoisotopic (exact) mass is 646 g/mol. The summed E-state index contributed by atoms with van der Waals surface area (Å²) >= 11 is 0. The first-order valence-corrected chi connectivity index (χ1v) is 15.1. The van der Waals surface area contributed by atoms with Gasteiger partial charge in [0.15, 0.2) is 0 Å². The zero-order chi connectivity index (χ0) is 34.0. The van der Waals surface area contributed by atoms with Gasteiger partial charge in [0.05, 0.1) is 18.1 Å². The number of hydrogen-bond acceptors (Lipinski definition) is 5. The second-order valence-electron chi connectivity index (χ2n) is 11.0. The van der Waals surface area contributed by atoms with E-state index in [2.05, 4.69) is 10.6 Å². The van der Waals surface area contributed by atoms with Crippen molar-refractivity contribution in [3.05, 3.63) is 136 Å². The lowest BCUT2D eigenvalue weighted by Crippen LogP contribution is -2.49. The number of amides is 3. The molecule has 246 valence electrons. The van der Waals surface area contributed by atoms with Crippen LogP contribution >= 0.6 is 0 Å². The Bertz CT molecular complexity index is 1660. The molecule has 2 atom stereocenters. The molecule has 0 heterocycles. The van der Waals surface area contributed by atoms with E-state index in [1.165, 1.54) is 0 Å². The van der Waals surface area contributed by atoms with Crippen molar-refractivity contribution in [2.45, 2.75) is 51.0 Å². The third kappa shape index (κ3) is 9.43. The second kappa shape index (κ2) is 15.9. The third-order valence-corrected chi connectivity index (χ3v) is 7.66. The highest BCUT2D eigenvalue weighted by Crippen LogP contribution is 2.38. The van der Waals surface area contributed by atoms with Crippen LogP contribution in [0.5, 0.6) is 5.75 Å². The molecule has 0 fully saturated rings. The number of carbonyl (C=O) groups excluding carboxylic acids is 3. The Morgan fingerprint density at radius 1 is 0.766 bits per heavy atom. The van der Waals surface area contributed by atoms with Crippen molar-refractivity contribution in [2.75, 3.05) is 6.61 Å². The van der Waals surface area contributed by atoms with Crippen LogP contribution in [0.2, 0.25) is 0 Å². The molecule has 4 aromatic rings. The van der Waals surface area contributed by atoms with Gasteiger partial charge in [0.1, 0.15) is 11.8 Å². The van der Waals surface area contributed by atoms with E-state index in [0.717, 1.165) is 34.9 Å². The Hall–Kier alpha value is -5.16. The van der Waals surface area contributed by atoms with Gasteiger partial charge in [-0.05, 0) is 65.4 Å². The molecule has 0 aliphatic rings. The lowest BCUT2D eigenvalue weighted by Gasteiger charge is -2.26. The van der Waals surface area contributed by atoms with Gasteiger partial charge in [-0.2, -0.15) is 13.2 Å². The molecular weight excluding hydrogens is 609 g/mol. The zero-order valence-electron chi connectivity index (χ0n) is 25.8. The van der Waals surface area contributed by atoms with Gasteiger partial charge in [-0.1, -0.05) is 72.8 Å². The van der Waals surface area contributed by atoms with E-state index < -0.39 is 52.5 Å². The van der Waals surface area contributed by atoms with Crippen LogP contribution in [0.25, 0.3) is 0 Å². The third-order valence-electron chi connectivity index (χ3n) is 7.66. The minimum absolute atomic E-state index is 0.0594.